The van der Waals surface area contributed by atoms with Gasteiger partial charge in [0.2, 0.25) is 5.95 Å². The van der Waals surface area contributed by atoms with Gasteiger partial charge in [0.15, 0.2) is 41.3 Å². The number of alkyl halides is 1. The molecule has 0 aromatic carbocycles. The van der Waals surface area contributed by atoms with Gasteiger partial charge in [0, 0.05) is 6.42 Å². The van der Waals surface area contributed by atoms with Crippen molar-refractivity contribution in [2.45, 2.75) is 49.5 Å². The van der Waals surface area contributed by atoms with Crippen LogP contribution in [0.5, 0.6) is 0 Å². The van der Waals surface area contributed by atoms with E-state index in [1.54, 1.807) is 0 Å². The van der Waals surface area contributed by atoms with Crippen molar-refractivity contribution in [2.75, 3.05) is 24.7 Å². The second-order valence-corrected chi connectivity index (χ2v) is 12.0. The molecule has 4 aromatic heterocycles. The molecule has 4 aromatic rings. The SMILES string of the molecule is Nc1nc2c(ncn2[C@@H]2O[C@H](CO[PH](=O)O)CC2OP(=O)(O)OC[C@H]2O[C@@H](n3cnc4c(N)ncnc43)C(F)C2O)c(=O)[nH]1. The molecule has 0 aliphatic carbocycles. The number of nitrogens with zero attached hydrogens (tertiary/aromatic N) is 7. The number of phosphoric ester groups is 1. The Morgan fingerprint density at radius 1 is 1.11 bits per heavy atom. The fraction of sp³-hybridized carbons (Fsp3) is 0.500. The summed E-state index contributed by atoms with van der Waals surface area (Å²) in [6, 6.07) is 0. The second kappa shape index (κ2) is 11.8. The van der Waals surface area contributed by atoms with Crippen molar-refractivity contribution in [2.24, 2.45) is 0 Å². The number of nitrogens with two attached hydrogens (primary N) is 2. The Kier molecular flexibility index (Phi) is 8.22. The van der Waals surface area contributed by atoms with E-state index in [2.05, 4.69) is 29.9 Å². The Morgan fingerprint density at radius 3 is 2.59 bits per heavy atom. The van der Waals surface area contributed by atoms with Gasteiger partial charge in [-0.1, -0.05) is 0 Å². The maximum Gasteiger partial charge on any atom is 0.472 e. The Labute approximate surface area is 244 Å². The number of aliphatic hydroxyl groups is 1. The normalized spacial score (nSPS) is 29.4. The van der Waals surface area contributed by atoms with E-state index in [1.807, 2.05) is 0 Å². The van der Waals surface area contributed by atoms with Gasteiger partial charge in [0.1, 0.15) is 30.2 Å². The number of hydrogen-bond acceptors (Lipinski definition) is 16. The lowest BCUT2D eigenvalue weighted by Crippen LogP contribution is -2.31. The lowest BCUT2D eigenvalue weighted by atomic mass is 10.1. The number of hydrogen-bond donors (Lipinski definition) is 6. The molecule has 6 rings (SSSR count). The van der Waals surface area contributed by atoms with Crippen LogP contribution >= 0.6 is 16.1 Å². The zero-order chi connectivity index (χ0) is 31.3. The van der Waals surface area contributed by atoms with E-state index in [4.69, 9.17) is 39.4 Å². The molecule has 0 radical (unpaired) electrons. The third-order valence-corrected chi connectivity index (χ3v) is 8.31. The minimum absolute atomic E-state index is 0.0441. The minimum Gasteiger partial charge on any atom is -0.387 e. The number of ether oxygens (including phenoxy) is 2. The predicted octanol–water partition coefficient (Wildman–Crippen LogP) is -1.09. The van der Waals surface area contributed by atoms with Gasteiger partial charge in [0.25, 0.3) is 5.56 Å². The number of rotatable bonds is 10. The van der Waals surface area contributed by atoms with Gasteiger partial charge in [-0.15, -0.1) is 0 Å². The van der Waals surface area contributed by atoms with E-state index in [9.17, 15) is 23.9 Å². The number of aromatic amines is 1. The molecule has 21 nitrogen and oxygen atoms in total. The van der Waals surface area contributed by atoms with Crippen LogP contribution in [0.4, 0.5) is 16.2 Å². The highest BCUT2D eigenvalue weighted by Gasteiger charge is 2.48. The van der Waals surface area contributed by atoms with Crippen LogP contribution in [-0.2, 0) is 32.2 Å². The molecule has 9 atom stereocenters. The van der Waals surface area contributed by atoms with Crippen molar-refractivity contribution in [3.63, 3.8) is 0 Å². The Bertz CT molecular complexity index is 1820. The van der Waals surface area contributed by atoms with E-state index in [1.165, 1.54) is 15.5 Å². The third kappa shape index (κ3) is 5.84. The van der Waals surface area contributed by atoms with Crippen molar-refractivity contribution >= 4 is 50.2 Å². The standard InChI is InChI=1S/C20H25FN10O11P2/c21-10-13(32)9(41-19(10)30-5-26-11-14(22)24-4-25-15(11)30)3-39-44(36,37)42-8-1-7(2-38-43(34)35)40-18(8)31-6-27-12-16(31)28-20(23)29-17(12)33/h4-10,13,18-19,32,43H,1-3H2,(H,34,35)(H,36,37)(H2,22,24,25)(H3,23,28,29,33)/t7-,8?,9+,10?,13?,18+,19+/m0/s1. The number of fused-ring (bicyclic) bond motifs is 2. The Hall–Kier alpha value is -3.43. The fourth-order valence-electron chi connectivity index (χ4n) is 4.95. The summed E-state index contributed by atoms with van der Waals surface area (Å²) < 4.78 is 68.3. The zero-order valence-electron chi connectivity index (χ0n) is 22.1. The fourth-order valence-corrected chi connectivity index (χ4v) is 6.20. The van der Waals surface area contributed by atoms with Gasteiger partial charge < -0.3 is 40.4 Å². The number of phosphoric acid groups is 1. The molecule has 5 unspecified atom stereocenters. The molecule has 0 saturated carbocycles. The summed E-state index contributed by atoms with van der Waals surface area (Å²) in [5, 5.41) is 10.5. The molecule has 2 aliphatic heterocycles. The van der Waals surface area contributed by atoms with Gasteiger partial charge >= 0.3 is 16.1 Å². The van der Waals surface area contributed by atoms with E-state index in [0.29, 0.717) is 0 Å². The van der Waals surface area contributed by atoms with Crippen molar-refractivity contribution in [1.82, 2.24) is 39.0 Å². The molecule has 0 bridgehead atoms. The van der Waals surface area contributed by atoms with Crippen LogP contribution in [0, 0.1) is 0 Å². The number of H-pyrrole nitrogens is 1. The van der Waals surface area contributed by atoms with Crippen molar-refractivity contribution in [3.05, 3.63) is 29.3 Å². The van der Waals surface area contributed by atoms with Gasteiger partial charge in [0.05, 0.1) is 32.0 Å². The number of aromatic nitrogens is 8. The quantitative estimate of drug-likeness (QED) is 0.110. The number of anilines is 2. The first-order valence-corrected chi connectivity index (χ1v) is 15.5. The van der Waals surface area contributed by atoms with Crippen LogP contribution in [0.3, 0.4) is 0 Å². The van der Waals surface area contributed by atoms with Gasteiger partial charge in [-0.3, -0.25) is 32.5 Å². The zero-order valence-corrected chi connectivity index (χ0v) is 24.0. The van der Waals surface area contributed by atoms with Gasteiger partial charge in [-0.25, -0.2) is 28.9 Å². The topological polar surface area (TPSA) is 300 Å². The lowest BCUT2D eigenvalue weighted by Gasteiger charge is -2.23. The molecule has 0 amide bonds. The molecule has 2 fully saturated rings. The van der Waals surface area contributed by atoms with Crippen molar-refractivity contribution in [1.29, 1.82) is 0 Å². The van der Waals surface area contributed by atoms with Crippen molar-refractivity contribution in [3.8, 4) is 0 Å². The summed E-state index contributed by atoms with van der Waals surface area (Å²) in [4.78, 5) is 54.0. The molecular formula is C20H25FN10O11P2. The largest absolute Gasteiger partial charge is 0.472 e. The third-order valence-electron chi connectivity index (χ3n) is 6.89. The number of aliphatic hydroxyl groups excluding tert-OH is 1. The number of nitrogen functional groups attached to an aromatic ring is 2. The summed E-state index contributed by atoms with van der Waals surface area (Å²) in [6.07, 6.45) is -6.76. The number of nitrogens with one attached hydrogen (secondary N) is 1. The maximum absolute atomic E-state index is 15.1. The number of halogens is 1. The molecule has 2 saturated heterocycles. The Balaban J connectivity index is 1.17. The molecule has 0 spiro atoms. The molecule has 8 N–H and O–H groups in total. The molecule has 24 heteroatoms. The smallest absolute Gasteiger partial charge is 0.387 e. The lowest BCUT2D eigenvalue weighted by molar-refractivity contribution is -0.0589. The highest BCUT2D eigenvalue weighted by atomic mass is 31.2. The van der Waals surface area contributed by atoms with Crippen molar-refractivity contribution < 1.29 is 51.5 Å². The first kappa shape index (κ1) is 30.6. The number of imidazole rings is 2. The van der Waals surface area contributed by atoms with Crippen LogP contribution in [0.2, 0.25) is 0 Å². The summed E-state index contributed by atoms with van der Waals surface area (Å²) in [5.74, 6) is -0.196. The first-order valence-electron chi connectivity index (χ1n) is 12.7. The maximum atomic E-state index is 15.1. The summed E-state index contributed by atoms with van der Waals surface area (Å²) >= 11 is 0. The summed E-state index contributed by atoms with van der Waals surface area (Å²) in [6.45, 7) is -1.17. The summed E-state index contributed by atoms with van der Waals surface area (Å²) in [5.41, 5.74) is 10.9. The highest BCUT2D eigenvalue weighted by molar-refractivity contribution is 7.47. The highest BCUT2D eigenvalue weighted by Crippen LogP contribution is 2.50. The van der Waals surface area contributed by atoms with Crippen LogP contribution in [-0.4, -0.2) is 97.7 Å². The Morgan fingerprint density at radius 2 is 1.84 bits per heavy atom. The first-order chi connectivity index (χ1) is 20.9. The van der Waals surface area contributed by atoms with Gasteiger partial charge in [-0.05, 0) is 0 Å². The van der Waals surface area contributed by atoms with E-state index < -0.39 is 71.3 Å². The molecule has 6 heterocycles. The second-order valence-electron chi connectivity index (χ2n) is 9.73. The molecular weight excluding hydrogens is 637 g/mol. The molecule has 2 aliphatic rings. The van der Waals surface area contributed by atoms with Crippen LogP contribution in [0.1, 0.15) is 18.9 Å². The van der Waals surface area contributed by atoms with E-state index in [0.717, 1.165) is 12.7 Å². The average molecular weight is 662 g/mol. The average Bonchev–Trinajstić information content (AvgIpc) is 3.73. The van der Waals surface area contributed by atoms with E-state index >= 15 is 4.39 Å². The van der Waals surface area contributed by atoms with Crippen LogP contribution < -0.4 is 17.0 Å². The monoisotopic (exact) mass is 662 g/mol. The molecule has 238 valence electrons. The van der Waals surface area contributed by atoms with E-state index in [-0.39, 0.29) is 47.1 Å². The summed E-state index contributed by atoms with van der Waals surface area (Å²) in [7, 11) is -8.32. The van der Waals surface area contributed by atoms with Crippen LogP contribution in [0.25, 0.3) is 22.3 Å². The van der Waals surface area contributed by atoms with Gasteiger partial charge in [-0.2, -0.15) is 4.98 Å². The minimum atomic E-state index is -4.99. The predicted molar refractivity (Wildman–Crippen MR) is 143 cm³/mol. The van der Waals surface area contributed by atoms with Crippen LogP contribution in [0.15, 0.2) is 23.8 Å². The molecule has 44 heavy (non-hydrogen) atoms.